The van der Waals surface area contributed by atoms with Gasteiger partial charge in [-0.15, -0.1) is 0 Å². The summed E-state index contributed by atoms with van der Waals surface area (Å²) in [6.45, 7) is 4.59. The van der Waals surface area contributed by atoms with Crippen LogP contribution in [0.5, 0.6) is 0 Å². The molecule has 156 valence electrons. The largest absolute Gasteiger partial charge is 0.478 e. The van der Waals surface area contributed by atoms with Crippen LogP contribution in [-0.4, -0.2) is 72.2 Å². The number of amides is 2. The number of carboxylic acids is 1. The highest BCUT2D eigenvalue weighted by molar-refractivity contribution is 6.02. The molecule has 1 N–H and O–H groups in total. The molecule has 1 aromatic carbocycles. The second-order valence-electron chi connectivity index (χ2n) is 7.21. The molecule has 2 atom stereocenters. The van der Waals surface area contributed by atoms with E-state index < -0.39 is 30.1 Å². The fraction of sp³-hybridized carbons (Fsp3) is 0.500. The van der Waals surface area contributed by atoms with Crippen molar-refractivity contribution in [3.05, 3.63) is 29.3 Å². The lowest BCUT2D eigenvalue weighted by Crippen LogP contribution is -2.55. The Bertz CT molecular complexity index is 832. The number of anilines is 1. The van der Waals surface area contributed by atoms with E-state index in [0.29, 0.717) is 24.3 Å². The summed E-state index contributed by atoms with van der Waals surface area (Å²) < 4.78 is 10.1. The highest BCUT2D eigenvalue weighted by atomic mass is 16.6. The minimum atomic E-state index is -1.74. The van der Waals surface area contributed by atoms with Crippen LogP contribution in [0.3, 0.4) is 0 Å². The molecule has 0 spiro atoms. The second kappa shape index (κ2) is 8.60. The first-order chi connectivity index (χ1) is 13.8. The fourth-order valence-corrected chi connectivity index (χ4v) is 3.64. The summed E-state index contributed by atoms with van der Waals surface area (Å²) in [7, 11) is 0. The van der Waals surface area contributed by atoms with E-state index in [2.05, 4.69) is 0 Å². The number of hydrogen-bond acceptors (Lipinski definition) is 6. The maximum atomic E-state index is 13.0. The molecule has 3 rings (SSSR count). The quantitative estimate of drug-likeness (QED) is 0.728. The van der Waals surface area contributed by atoms with E-state index in [1.165, 1.54) is 4.90 Å². The molecule has 1 aromatic rings. The van der Waals surface area contributed by atoms with E-state index in [0.717, 1.165) is 25.3 Å². The predicted octanol–water partition coefficient (Wildman–Crippen LogP) is 0.979. The number of nitrogens with zero attached hydrogens (tertiary/aromatic N) is 2. The summed E-state index contributed by atoms with van der Waals surface area (Å²) in [5.74, 6) is -3.00. The van der Waals surface area contributed by atoms with Gasteiger partial charge in [-0.3, -0.25) is 14.4 Å². The normalized spacial score (nSPS) is 20.5. The molecule has 2 aliphatic rings. The average Bonchev–Trinajstić information content (AvgIpc) is 3.20. The smallest absolute Gasteiger partial charge is 0.348 e. The van der Waals surface area contributed by atoms with Crippen LogP contribution in [0.4, 0.5) is 5.69 Å². The maximum Gasteiger partial charge on any atom is 0.348 e. The fourth-order valence-electron chi connectivity index (χ4n) is 3.64. The van der Waals surface area contributed by atoms with Gasteiger partial charge in [0, 0.05) is 37.8 Å². The van der Waals surface area contributed by atoms with Gasteiger partial charge >= 0.3 is 11.9 Å². The number of morpholine rings is 1. The van der Waals surface area contributed by atoms with Gasteiger partial charge in [-0.2, -0.15) is 0 Å². The zero-order valence-electron chi connectivity index (χ0n) is 16.4. The Kier molecular flexibility index (Phi) is 6.17. The third kappa shape index (κ3) is 4.56. The Balaban J connectivity index is 1.87. The number of aliphatic carboxylic acids is 1. The molecular weight excluding hydrogens is 380 g/mol. The predicted molar refractivity (Wildman–Crippen MR) is 102 cm³/mol. The van der Waals surface area contributed by atoms with Gasteiger partial charge in [-0.25, -0.2) is 4.79 Å². The highest BCUT2D eigenvalue weighted by Gasteiger charge is 2.42. The summed E-state index contributed by atoms with van der Waals surface area (Å²) in [4.78, 5) is 51.6. The van der Waals surface area contributed by atoms with Crippen LogP contribution in [0.25, 0.3) is 0 Å². The third-order valence-corrected chi connectivity index (χ3v) is 4.95. The van der Waals surface area contributed by atoms with Gasteiger partial charge in [0.05, 0.1) is 6.61 Å². The molecule has 0 bridgehead atoms. The van der Waals surface area contributed by atoms with E-state index in [9.17, 15) is 24.3 Å². The van der Waals surface area contributed by atoms with Crippen molar-refractivity contribution in [1.82, 2.24) is 4.90 Å². The van der Waals surface area contributed by atoms with Crippen molar-refractivity contribution in [2.45, 2.75) is 38.9 Å². The van der Waals surface area contributed by atoms with Gasteiger partial charge in [0.1, 0.15) is 0 Å². The molecule has 0 radical (unpaired) electrons. The number of carbonyl (C=O) groups is 4. The average molecular weight is 404 g/mol. The molecule has 0 aromatic heterocycles. The SMILES string of the molecule is CC(=O)O[C@@H](C(=O)O)C1OCCN(c2cc(C)cc(C(=O)N3CCCC3)c2)C1=O. The van der Waals surface area contributed by atoms with Gasteiger partial charge < -0.3 is 24.4 Å². The molecule has 2 amide bonds. The van der Waals surface area contributed by atoms with E-state index in [1.54, 1.807) is 23.1 Å². The Morgan fingerprint density at radius 1 is 1.17 bits per heavy atom. The van der Waals surface area contributed by atoms with Gasteiger partial charge in [0.25, 0.3) is 11.8 Å². The summed E-state index contributed by atoms with van der Waals surface area (Å²) in [5.41, 5.74) is 1.76. The lowest BCUT2D eigenvalue weighted by atomic mass is 10.1. The van der Waals surface area contributed by atoms with Crippen LogP contribution in [0.15, 0.2) is 18.2 Å². The molecule has 2 aliphatic heterocycles. The van der Waals surface area contributed by atoms with E-state index in [4.69, 9.17) is 9.47 Å². The number of ether oxygens (including phenoxy) is 2. The number of carboxylic acid groups (broad SMARTS) is 1. The number of hydrogen-bond donors (Lipinski definition) is 1. The number of rotatable bonds is 5. The Hall–Kier alpha value is -2.94. The van der Waals surface area contributed by atoms with Crippen LogP contribution in [0, 0.1) is 6.92 Å². The zero-order chi connectivity index (χ0) is 21.1. The minimum absolute atomic E-state index is 0.0742. The molecular formula is C20H24N2O7. The molecule has 29 heavy (non-hydrogen) atoms. The van der Waals surface area contributed by atoms with Crippen molar-refractivity contribution in [2.24, 2.45) is 0 Å². The first-order valence-electron chi connectivity index (χ1n) is 9.52. The monoisotopic (exact) mass is 404 g/mol. The molecule has 0 saturated carbocycles. The number of carbonyl (C=O) groups excluding carboxylic acids is 3. The summed E-state index contributed by atoms with van der Waals surface area (Å²) in [6.07, 6.45) is -1.25. The van der Waals surface area contributed by atoms with Crippen LogP contribution in [0.2, 0.25) is 0 Å². The van der Waals surface area contributed by atoms with Crippen LogP contribution in [0.1, 0.15) is 35.7 Å². The van der Waals surface area contributed by atoms with Crippen molar-refractivity contribution in [3.8, 4) is 0 Å². The van der Waals surface area contributed by atoms with Crippen molar-refractivity contribution < 1.29 is 33.8 Å². The molecule has 2 saturated heterocycles. The Morgan fingerprint density at radius 2 is 1.86 bits per heavy atom. The standard InChI is InChI=1S/C20H24N2O7/c1-12-9-14(18(24)21-5-3-4-6-21)11-15(10-12)22-7-8-28-16(19(22)25)17(20(26)27)29-13(2)23/h9-11,16-17H,3-8H2,1-2H3,(H,26,27)/t16?,17-/m1/s1. The Labute approximate surface area is 168 Å². The van der Waals surface area contributed by atoms with Crippen molar-refractivity contribution in [1.29, 1.82) is 0 Å². The molecule has 9 nitrogen and oxygen atoms in total. The van der Waals surface area contributed by atoms with Gasteiger partial charge in [-0.05, 0) is 43.5 Å². The van der Waals surface area contributed by atoms with Crippen molar-refractivity contribution in [3.63, 3.8) is 0 Å². The first-order valence-corrected chi connectivity index (χ1v) is 9.52. The van der Waals surface area contributed by atoms with Gasteiger partial charge in [-0.1, -0.05) is 0 Å². The van der Waals surface area contributed by atoms with Gasteiger partial charge in [0.15, 0.2) is 6.10 Å². The zero-order valence-corrected chi connectivity index (χ0v) is 16.4. The van der Waals surface area contributed by atoms with Crippen molar-refractivity contribution in [2.75, 3.05) is 31.1 Å². The molecule has 1 unspecified atom stereocenters. The molecule has 2 heterocycles. The number of likely N-dealkylation sites (tertiary alicyclic amines) is 1. The van der Waals surface area contributed by atoms with E-state index >= 15 is 0 Å². The Morgan fingerprint density at radius 3 is 2.48 bits per heavy atom. The number of benzene rings is 1. The van der Waals surface area contributed by atoms with Crippen LogP contribution >= 0.6 is 0 Å². The molecule has 0 aliphatic carbocycles. The molecule has 2 fully saturated rings. The lowest BCUT2D eigenvalue weighted by Gasteiger charge is -2.34. The van der Waals surface area contributed by atoms with Gasteiger partial charge in [0.2, 0.25) is 6.10 Å². The topological polar surface area (TPSA) is 113 Å². The maximum absolute atomic E-state index is 13.0. The lowest BCUT2D eigenvalue weighted by molar-refractivity contribution is -0.177. The number of esters is 1. The minimum Gasteiger partial charge on any atom is -0.478 e. The summed E-state index contributed by atoms with van der Waals surface area (Å²) >= 11 is 0. The van der Waals surface area contributed by atoms with Crippen LogP contribution in [-0.2, 0) is 23.9 Å². The second-order valence-corrected chi connectivity index (χ2v) is 7.21. The summed E-state index contributed by atoms with van der Waals surface area (Å²) in [5, 5.41) is 9.35. The van der Waals surface area contributed by atoms with E-state index in [1.807, 2.05) is 6.92 Å². The first kappa shape index (κ1) is 20.8. The number of aryl methyl sites for hydroxylation is 1. The summed E-state index contributed by atoms with van der Waals surface area (Å²) in [6, 6.07) is 5.16. The third-order valence-electron chi connectivity index (χ3n) is 4.95. The highest BCUT2D eigenvalue weighted by Crippen LogP contribution is 2.25. The van der Waals surface area contributed by atoms with E-state index in [-0.39, 0.29) is 19.1 Å². The molecule has 9 heteroatoms. The van der Waals surface area contributed by atoms with Crippen LogP contribution < -0.4 is 4.90 Å². The van der Waals surface area contributed by atoms with Crippen molar-refractivity contribution >= 4 is 29.4 Å².